The van der Waals surface area contributed by atoms with Crippen LogP contribution in [0.2, 0.25) is 0 Å². The van der Waals surface area contributed by atoms with Crippen LogP contribution in [0.4, 0.5) is 0 Å². The smallest absolute Gasteiger partial charge is 0.331 e. The highest BCUT2D eigenvalue weighted by Gasteiger charge is 2.72. The molecule has 10 atom stereocenters. The molecule has 5 aliphatic carbocycles. The van der Waals surface area contributed by atoms with E-state index in [0.717, 1.165) is 36.3 Å². The summed E-state index contributed by atoms with van der Waals surface area (Å²) in [4.78, 5) is 13.0. The highest BCUT2D eigenvalue weighted by Crippen LogP contribution is 2.78. The van der Waals surface area contributed by atoms with Crippen molar-refractivity contribution in [3.8, 4) is 0 Å². The normalized spacial score (nSPS) is 48.5. The van der Waals surface area contributed by atoms with Gasteiger partial charge in [0.25, 0.3) is 0 Å². The SMILES string of the molecule is CC1(C)CCC23CCC4(C)C(CCC5C6(C)CCC(OC(=O)C=Cc7ccccc7)C(C)(C)C6CCC54C)C2C1OC3. The average molecular weight is 573 g/mol. The molecule has 0 radical (unpaired) electrons. The van der Waals surface area contributed by atoms with Gasteiger partial charge < -0.3 is 9.47 Å². The fourth-order valence-corrected chi connectivity index (χ4v) is 13.1. The maximum atomic E-state index is 13.0. The second-order valence-corrected chi connectivity index (χ2v) is 17.8. The van der Waals surface area contributed by atoms with Crippen LogP contribution in [0.5, 0.6) is 0 Å². The van der Waals surface area contributed by atoms with Crippen LogP contribution in [0.1, 0.15) is 118 Å². The van der Waals surface area contributed by atoms with Gasteiger partial charge in [0, 0.05) is 11.5 Å². The summed E-state index contributed by atoms with van der Waals surface area (Å²) >= 11 is 0. The maximum Gasteiger partial charge on any atom is 0.331 e. The summed E-state index contributed by atoms with van der Waals surface area (Å²) in [6.07, 6.45) is 16.9. The molecule has 10 unspecified atom stereocenters. The van der Waals surface area contributed by atoms with Gasteiger partial charge in [-0.15, -0.1) is 0 Å². The van der Waals surface area contributed by atoms with Crippen molar-refractivity contribution in [3.63, 3.8) is 0 Å². The third-order valence-corrected chi connectivity index (χ3v) is 15.5. The zero-order valence-corrected chi connectivity index (χ0v) is 27.5. The predicted molar refractivity (Wildman–Crippen MR) is 170 cm³/mol. The first-order valence-electron chi connectivity index (χ1n) is 17.3. The molecule has 7 rings (SSSR count). The van der Waals surface area contributed by atoms with Crippen LogP contribution in [-0.2, 0) is 14.3 Å². The lowest BCUT2D eigenvalue weighted by atomic mass is 9.31. The van der Waals surface area contributed by atoms with Gasteiger partial charge in [0.05, 0.1) is 12.7 Å². The van der Waals surface area contributed by atoms with Gasteiger partial charge >= 0.3 is 5.97 Å². The Morgan fingerprint density at radius 2 is 1.55 bits per heavy atom. The number of fused-ring (bicyclic) bond motifs is 5. The minimum Gasteiger partial charge on any atom is -0.459 e. The van der Waals surface area contributed by atoms with Gasteiger partial charge in [-0.25, -0.2) is 4.79 Å². The van der Waals surface area contributed by atoms with Gasteiger partial charge in [0.2, 0.25) is 0 Å². The summed E-state index contributed by atoms with van der Waals surface area (Å²) in [5, 5.41) is 0. The summed E-state index contributed by atoms with van der Waals surface area (Å²) in [5.74, 6) is 2.66. The van der Waals surface area contributed by atoms with E-state index in [1.54, 1.807) is 6.08 Å². The van der Waals surface area contributed by atoms with Crippen LogP contribution < -0.4 is 0 Å². The number of esters is 1. The summed E-state index contributed by atoms with van der Waals surface area (Å²) in [7, 11) is 0. The number of carbonyl (C=O) groups is 1. The van der Waals surface area contributed by atoms with Crippen molar-refractivity contribution in [2.24, 2.45) is 56.2 Å². The molecule has 5 saturated carbocycles. The fourth-order valence-electron chi connectivity index (χ4n) is 13.1. The van der Waals surface area contributed by atoms with E-state index in [1.807, 2.05) is 36.4 Å². The van der Waals surface area contributed by atoms with Crippen LogP contribution in [0.25, 0.3) is 6.08 Å². The molecule has 6 aliphatic rings. The van der Waals surface area contributed by atoms with Crippen molar-refractivity contribution < 1.29 is 14.3 Å². The molecular formula is C39H56O3. The zero-order chi connectivity index (χ0) is 29.8. The van der Waals surface area contributed by atoms with Gasteiger partial charge in [-0.2, -0.15) is 0 Å². The Balaban J connectivity index is 1.13. The van der Waals surface area contributed by atoms with E-state index in [4.69, 9.17) is 9.47 Å². The Morgan fingerprint density at radius 1 is 0.810 bits per heavy atom. The lowest BCUT2D eigenvalue weighted by molar-refractivity contribution is -0.253. The van der Waals surface area contributed by atoms with Gasteiger partial charge in [-0.3, -0.25) is 0 Å². The number of ether oxygens (including phenoxy) is 2. The third-order valence-electron chi connectivity index (χ3n) is 15.5. The Morgan fingerprint density at radius 3 is 2.31 bits per heavy atom. The third kappa shape index (κ3) is 3.89. The van der Waals surface area contributed by atoms with Crippen molar-refractivity contribution >= 4 is 12.0 Å². The molecule has 3 nitrogen and oxygen atoms in total. The highest BCUT2D eigenvalue weighted by molar-refractivity contribution is 5.87. The van der Waals surface area contributed by atoms with Crippen LogP contribution in [0.15, 0.2) is 36.4 Å². The summed E-state index contributed by atoms with van der Waals surface area (Å²) in [5.41, 5.74) is 2.80. The van der Waals surface area contributed by atoms with Crippen LogP contribution in [0.3, 0.4) is 0 Å². The Bertz CT molecular complexity index is 1250. The minimum atomic E-state index is -0.197. The number of benzene rings is 1. The van der Waals surface area contributed by atoms with E-state index in [9.17, 15) is 4.79 Å². The molecule has 0 amide bonds. The highest BCUT2D eigenvalue weighted by atomic mass is 16.5. The van der Waals surface area contributed by atoms with Crippen LogP contribution in [0, 0.1) is 56.2 Å². The van der Waals surface area contributed by atoms with Gasteiger partial charge in [0.15, 0.2) is 0 Å². The quantitative estimate of drug-likeness (QED) is 0.267. The lowest BCUT2D eigenvalue weighted by Crippen LogP contribution is -2.67. The van der Waals surface area contributed by atoms with Crippen molar-refractivity contribution in [2.45, 2.75) is 125 Å². The van der Waals surface area contributed by atoms with Crippen LogP contribution in [-0.4, -0.2) is 24.8 Å². The molecule has 1 saturated heterocycles. The van der Waals surface area contributed by atoms with E-state index in [-0.39, 0.29) is 17.5 Å². The standard InChI is InChI=1S/C39H56O3/c1-34(2)21-23-39-24-22-37(6)27(32(39)33(34)41-25-39)14-15-29-36(5)19-18-30(35(3,4)28(36)17-20-38(29,37)7)42-31(40)16-13-26-11-9-8-10-12-26/h8-13,16,27-30,32-33H,14-15,17-25H2,1-7H3. The molecule has 42 heavy (non-hydrogen) atoms. The molecular weight excluding hydrogens is 516 g/mol. The van der Waals surface area contributed by atoms with E-state index in [0.29, 0.717) is 39.1 Å². The molecule has 6 fully saturated rings. The van der Waals surface area contributed by atoms with E-state index in [1.165, 1.54) is 57.8 Å². The summed E-state index contributed by atoms with van der Waals surface area (Å²) in [6.45, 7) is 18.9. The molecule has 1 aliphatic heterocycles. The van der Waals surface area contributed by atoms with Crippen molar-refractivity contribution in [1.29, 1.82) is 0 Å². The maximum absolute atomic E-state index is 13.0. The number of hydrogen-bond donors (Lipinski definition) is 0. The molecule has 0 N–H and O–H groups in total. The zero-order valence-electron chi connectivity index (χ0n) is 27.5. The Hall–Kier alpha value is -1.61. The van der Waals surface area contributed by atoms with Gasteiger partial charge in [-0.05, 0) is 127 Å². The molecule has 1 aromatic carbocycles. The van der Waals surface area contributed by atoms with Crippen molar-refractivity contribution in [3.05, 3.63) is 42.0 Å². The number of hydrogen-bond acceptors (Lipinski definition) is 3. The lowest BCUT2D eigenvalue weighted by Gasteiger charge is -2.73. The van der Waals surface area contributed by atoms with Gasteiger partial charge in [-0.1, -0.05) is 78.8 Å². The van der Waals surface area contributed by atoms with E-state index >= 15 is 0 Å². The molecule has 1 heterocycles. The Labute approximate surface area is 255 Å². The minimum absolute atomic E-state index is 0.0217. The predicted octanol–water partition coefficient (Wildman–Crippen LogP) is 9.50. The Kier molecular flexibility index (Phi) is 6.55. The molecule has 3 heteroatoms. The molecule has 0 spiro atoms. The molecule has 0 aromatic heterocycles. The largest absolute Gasteiger partial charge is 0.459 e. The first kappa shape index (κ1) is 29.1. The van der Waals surface area contributed by atoms with Crippen LogP contribution >= 0.6 is 0 Å². The first-order valence-corrected chi connectivity index (χ1v) is 17.3. The van der Waals surface area contributed by atoms with E-state index < -0.39 is 0 Å². The van der Waals surface area contributed by atoms with E-state index in [2.05, 4.69) is 48.5 Å². The molecule has 230 valence electrons. The first-order chi connectivity index (χ1) is 19.8. The van der Waals surface area contributed by atoms with Crippen molar-refractivity contribution in [2.75, 3.05) is 6.61 Å². The summed E-state index contributed by atoms with van der Waals surface area (Å²) < 4.78 is 13.0. The second kappa shape index (κ2) is 9.45. The average Bonchev–Trinajstić information content (AvgIpc) is 3.28. The second-order valence-electron chi connectivity index (χ2n) is 17.8. The number of rotatable bonds is 3. The summed E-state index contributed by atoms with van der Waals surface area (Å²) in [6, 6.07) is 10.0. The van der Waals surface area contributed by atoms with Crippen molar-refractivity contribution in [1.82, 2.24) is 0 Å². The topological polar surface area (TPSA) is 35.5 Å². The van der Waals surface area contributed by atoms with Gasteiger partial charge in [0.1, 0.15) is 6.10 Å². The monoisotopic (exact) mass is 572 g/mol. The number of carbonyl (C=O) groups excluding carboxylic acids is 1. The fraction of sp³-hybridized carbons (Fsp3) is 0.769. The molecule has 1 aromatic rings. The molecule has 2 bridgehead atoms.